The van der Waals surface area contributed by atoms with E-state index in [1.54, 1.807) is 0 Å². The van der Waals surface area contributed by atoms with Crippen LogP contribution < -0.4 is 22.1 Å². The van der Waals surface area contributed by atoms with E-state index in [4.69, 9.17) is 5.73 Å². The lowest BCUT2D eigenvalue weighted by Crippen LogP contribution is -2.30. The van der Waals surface area contributed by atoms with Crippen molar-refractivity contribution in [2.45, 2.75) is 51.4 Å². The van der Waals surface area contributed by atoms with Crippen molar-refractivity contribution < 1.29 is 0 Å². The minimum Gasteiger partial charge on any atom is -0.402 e. The highest BCUT2D eigenvalue weighted by Crippen LogP contribution is 2.35. The zero-order valence-corrected chi connectivity index (χ0v) is 20.7. The van der Waals surface area contributed by atoms with Gasteiger partial charge in [-0.2, -0.15) is 0 Å². The van der Waals surface area contributed by atoms with Crippen LogP contribution in [-0.2, 0) is 0 Å². The molecule has 4 heteroatoms. The fourth-order valence-electron chi connectivity index (χ4n) is 4.76. The molecule has 0 spiro atoms. The molecule has 0 radical (unpaired) electrons. The second-order valence-corrected chi connectivity index (χ2v) is 8.62. The Bertz CT molecular complexity index is 790. The van der Waals surface area contributed by atoms with E-state index in [0.29, 0.717) is 11.8 Å². The van der Waals surface area contributed by atoms with E-state index < -0.39 is 0 Å². The van der Waals surface area contributed by atoms with E-state index >= 15 is 0 Å². The van der Waals surface area contributed by atoms with Crippen LogP contribution in [0.1, 0.15) is 62.5 Å². The predicted octanol–water partition coefficient (Wildman–Crippen LogP) is 5.29. The SMILES string of the molecule is C=C(NCCNCCC(CC)C(c1ccccc1)c1ccccc1)C1=C(N)CCCC1.CN. The smallest absolute Gasteiger partial charge is 0.0317 e. The molecule has 0 amide bonds. The van der Waals surface area contributed by atoms with Gasteiger partial charge in [-0.15, -0.1) is 0 Å². The third-order valence-corrected chi connectivity index (χ3v) is 6.52. The molecule has 0 saturated carbocycles. The topological polar surface area (TPSA) is 76.1 Å². The lowest BCUT2D eigenvalue weighted by Gasteiger charge is -2.28. The van der Waals surface area contributed by atoms with Gasteiger partial charge in [0.25, 0.3) is 0 Å². The van der Waals surface area contributed by atoms with E-state index in [1.165, 1.54) is 43.0 Å². The molecule has 0 aliphatic heterocycles. The van der Waals surface area contributed by atoms with Crippen LogP contribution in [0.15, 0.2) is 84.2 Å². The second-order valence-electron chi connectivity index (χ2n) is 8.62. The first-order valence-electron chi connectivity index (χ1n) is 12.5. The molecule has 180 valence electrons. The zero-order chi connectivity index (χ0) is 23.9. The first kappa shape index (κ1) is 26.7. The van der Waals surface area contributed by atoms with Gasteiger partial charge >= 0.3 is 0 Å². The highest BCUT2D eigenvalue weighted by molar-refractivity contribution is 5.33. The summed E-state index contributed by atoms with van der Waals surface area (Å²) < 4.78 is 0. The molecular formula is C29H44N4. The predicted molar refractivity (Wildman–Crippen MR) is 143 cm³/mol. The fraction of sp³-hybridized carbons (Fsp3) is 0.448. The summed E-state index contributed by atoms with van der Waals surface area (Å²) in [6, 6.07) is 21.9. The van der Waals surface area contributed by atoms with Crippen LogP contribution in [0.2, 0.25) is 0 Å². The maximum absolute atomic E-state index is 6.17. The van der Waals surface area contributed by atoms with Crippen LogP contribution in [0.5, 0.6) is 0 Å². The Morgan fingerprint density at radius 3 is 2.00 bits per heavy atom. The van der Waals surface area contributed by atoms with Gasteiger partial charge in [-0.3, -0.25) is 0 Å². The number of nitrogens with one attached hydrogen (secondary N) is 2. The van der Waals surface area contributed by atoms with Gasteiger partial charge in [0, 0.05) is 30.4 Å². The molecule has 2 aromatic rings. The van der Waals surface area contributed by atoms with Crippen molar-refractivity contribution in [3.63, 3.8) is 0 Å². The minimum absolute atomic E-state index is 0.438. The summed E-state index contributed by atoms with van der Waals surface area (Å²) >= 11 is 0. The standard InChI is InChI=1S/C28H39N3.CH5N/c1-3-23(28(24-12-6-4-7-13-24)25-14-8-5-9-15-25)18-19-30-20-21-31-22(2)26-16-10-11-17-27(26)29;1-2/h4-9,12-15,23,28,30-31H,2-3,10-11,16-21,29H2,1H3;2H2,1H3. The molecule has 33 heavy (non-hydrogen) atoms. The molecule has 0 bridgehead atoms. The molecule has 0 saturated heterocycles. The Morgan fingerprint density at radius 2 is 1.45 bits per heavy atom. The van der Waals surface area contributed by atoms with Crippen molar-refractivity contribution in [3.05, 3.63) is 95.3 Å². The maximum Gasteiger partial charge on any atom is 0.0317 e. The summed E-state index contributed by atoms with van der Waals surface area (Å²) in [7, 11) is 1.50. The van der Waals surface area contributed by atoms with Crippen molar-refractivity contribution in [2.24, 2.45) is 17.4 Å². The van der Waals surface area contributed by atoms with E-state index in [1.807, 2.05) is 0 Å². The Labute approximate surface area is 201 Å². The number of allylic oxidation sites excluding steroid dienone is 2. The van der Waals surface area contributed by atoms with Crippen LogP contribution in [0.3, 0.4) is 0 Å². The van der Waals surface area contributed by atoms with Gasteiger partial charge in [0.05, 0.1) is 0 Å². The van der Waals surface area contributed by atoms with Crippen molar-refractivity contribution >= 4 is 0 Å². The molecular weight excluding hydrogens is 404 g/mol. The molecule has 4 nitrogen and oxygen atoms in total. The van der Waals surface area contributed by atoms with Gasteiger partial charge in [-0.1, -0.05) is 80.6 Å². The first-order valence-corrected chi connectivity index (χ1v) is 12.5. The number of benzene rings is 2. The van der Waals surface area contributed by atoms with Crippen LogP contribution in [-0.4, -0.2) is 26.7 Å². The molecule has 1 aliphatic rings. The quantitative estimate of drug-likeness (QED) is 0.333. The Hall–Kier alpha value is -2.56. The third kappa shape index (κ3) is 8.38. The zero-order valence-electron chi connectivity index (χ0n) is 20.7. The van der Waals surface area contributed by atoms with Gasteiger partial charge in [0.15, 0.2) is 0 Å². The summed E-state index contributed by atoms with van der Waals surface area (Å²) in [6.07, 6.45) is 6.82. The number of nitrogens with two attached hydrogens (primary N) is 2. The summed E-state index contributed by atoms with van der Waals surface area (Å²) in [5.41, 5.74) is 16.8. The van der Waals surface area contributed by atoms with Crippen molar-refractivity contribution in [1.29, 1.82) is 0 Å². The summed E-state index contributed by atoms with van der Waals surface area (Å²) in [5.74, 6) is 1.04. The van der Waals surface area contributed by atoms with Crippen LogP contribution in [0.4, 0.5) is 0 Å². The number of hydrogen-bond acceptors (Lipinski definition) is 4. The molecule has 1 atom stereocenters. The van der Waals surface area contributed by atoms with Gasteiger partial charge in [0.2, 0.25) is 0 Å². The molecule has 6 N–H and O–H groups in total. The Kier molecular flexibility index (Phi) is 12.4. The largest absolute Gasteiger partial charge is 0.402 e. The average molecular weight is 449 g/mol. The van der Waals surface area contributed by atoms with Gasteiger partial charge < -0.3 is 22.1 Å². The molecule has 2 aromatic carbocycles. The molecule has 1 unspecified atom stereocenters. The van der Waals surface area contributed by atoms with Crippen molar-refractivity contribution in [1.82, 2.24) is 10.6 Å². The van der Waals surface area contributed by atoms with Crippen molar-refractivity contribution in [2.75, 3.05) is 26.7 Å². The highest BCUT2D eigenvalue weighted by atomic mass is 14.9. The maximum atomic E-state index is 6.17. The molecule has 0 fully saturated rings. The summed E-state index contributed by atoms with van der Waals surface area (Å²) in [5, 5.41) is 7.09. The van der Waals surface area contributed by atoms with Gasteiger partial charge in [-0.25, -0.2) is 0 Å². The molecule has 3 rings (SSSR count). The van der Waals surface area contributed by atoms with E-state index in [-0.39, 0.29) is 0 Å². The summed E-state index contributed by atoms with van der Waals surface area (Å²) in [4.78, 5) is 0. The number of rotatable bonds is 12. The van der Waals surface area contributed by atoms with Crippen LogP contribution in [0, 0.1) is 5.92 Å². The average Bonchev–Trinajstić information content (AvgIpc) is 2.87. The van der Waals surface area contributed by atoms with E-state index in [9.17, 15) is 0 Å². The van der Waals surface area contributed by atoms with Crippen LogP contribution >= 0.6 is 0 Å². The normalized spacial score (nSPS) is 14.4. The second kappa shape index (κ2) is 15.3. The lowest BCUT2D eigenvalue weighted by atomic mass is 9.78. The minimum atomic E-state index is 0.438. The first-order chi connectivity index (χ1) is 16.2. The van der Waals surface area contributed by atoms with E-state index in [0.717, 1.165) is 50.3 Å². The van der Waals surface area contributed by atoms with E-state index in [2.05, 4.69) is 90.5 Å². The highest BCUT2D eigenvalue weighted by Gasteiger charge is 2.23. The lowest BCUT2D eigenvalue weighted by molar-refractivity contribution is 0.408. The van der Waals surface area contributed by atoms with Gasteiger partial charge in [0.1, 0.15) is 0 Å². The Balaban J connectivity index is 0.00000187. The molecule has 0 aromatic heterocycles. The summed E-state index contributed by atoms with van der Waals surface area (Å²) in [6.45, 7) is 9.36. The molecule has 0 heterocycles. The monoisotopic (exact) mass is 448 g/mol. The Morgan fingerprint density at radius 1 is 0.879 bits per heavy atom. The van der Waals surface area contributed by atoms with Gasteiger partial charge in [-0.05, 0) is 68.3 Å². The van der Waals surface area contributed by atoms with Crippen molar-refractivity contribution in [3.8, 4) is 0 Å². The fourth-order valence-corrected chi connectivity index (χ4v) is 4.76. The molecule has 1 aliphatic carbocycles. The van der Waals surface area contributed by atoms with Crippen LogP contribution in [0.25, 0.3) is 0 Å². The third-order valence-electron chi connectivity index (χ3n) is 6.52. The number of hydrogen-bond donors (Lipinski definition) is 4.